The molecule has 0 spiro atoms. The first-order valence-electron chi connectivity index (χ1n) is 4.98. The van der Waals surface area contributed by atoms with Crippen LogP contribution in [0, 0.1) is 0 Å². The van der Waals surface area contributed by atoms with Gasteiger partial charge in [0, 0.05) is 19.2 Å². The Hall–Kier alpha value is -1.26. The van der Waals surface area contributed by atoms with Crippen LogP contribution < -0.4 is 5.32 Å². The predicted octanol–water partition coefficient (Wildman–Crippen LogP) is 3.39. The minimum Gasteiger partial charge on any atom is -0.307 e. The second-order valence-corrected chi connectivity index (χ2v) is 4.18. The molecule has 1 aromatic rings. The van der Waals surface area contributed by atoms with E-state index in [1.165, 1.54) is 13.1 Å². The van der Waals surface area contributed by atoms with Gasteiger partial charge in [-0.15, -0.1) is 0 Å². The lowest BCUT2D eigenvalue weighted by Gasteiger charge is -2.15. The van der Waals surface area contributed by atoms with Gasteiger partial charge in [0.1, 0.15) is 0 Å². The van der Waals surface area contributed by atoms with Gasteiger partial charge in [0.05, 0.1) is 10.0 Å². The summed E-state index contributed by atoms with van der Waals surface area (Å²) in [5, 5.41) is 3.29. The zero-order chi connectivity index (χ0) is 13.0. The average Bonchev–Trinajstić information content (AvgIpc) is 2.31. The number of anilines is 1. The van der Waals surface area contributed by atoms with E-state index in [4.69, 9.17) is 23.2 Å². The lowest BCUT2D eigenvalue weighted by Crippen LogP contribution is -2.36. The van der Waals surface area contributed by atoms with E-state index < -0.39 is 6.03 Å². The van der Waals surface area contributed by atoms with Gasteiger partial charge in [-0.05, 0) is 18.2 Å². The van der Waals surface area contributed by atoms with Crippen LogP contribution in [-0.4, -0.2) is 23.9 Å². The maximum atomic E-state index is 11.6. The molecule has 0 atom stereocenters. The summed E-state index contributed by atoms with van der Waals surface area (Å²) in [6, 6.07) is 4.19. The molecular weight excluding hydrogens is 263 g/mol. The Labute approximate surface area is 109 Å². The van der Waals surface area contributed by atoms with Gasteiger partial charge >= 0.3 is 6.03 Å². The molecule has 0 saturated heterocycles. The summed E-state index contributed by atoms with van der Waals surface area (Å²) in [5.41, 5.74) is 0.486. The van der Waals surface area contributed by atoms with Gasteiger partial charge in [0.15, 0.2) is 0 Å². The summed E-state index contributed by atoms with van der Waals surface area (Å²) >= 11 is 11.5. The van der Waals surface area contributed by atoms with E-state index >= 15 is 0 Å². The number of amides is 3. The fraction of sp³-hybridized carbons (Fsp3) is 0.273. The van der Waals surface area contributed by atoms with Crippen LogP contribution in [0.25, 0.3) is 0 Å². The molecule has 17 heavy (non-hydrogen) atoms. The van der Waals surface area contributed by atoms with Crippen molar-refractivity contribution in [2.75, 3.05) is 12.4 Å². The van der Waals surface area contributed by atoms with Crippen LogP contribution in [0.3, 0.4) is 0 Å². The topological polar surface area (TPSA) is 49.4 Å². The van der Waals surface area contributed by atoms with Gasteiger partial charge in [-0.1, -0.05) is 30.1 Å². The van der Waals surface area contributed by atoms with Crippen molar-refractivity contribution in [2.24, 2.45) is 0 Å². The standard InChI is InChI=1S/C11H12Cl2N2O2/c1-3-10(16)15(2)11(17)14-7-4-5-8(12)9(13)6-7/h4-6H,3H2,1-2H3,(H,14,17). The van der Waals surface area contributed by atoms with Gasteiger partial charge in [0.25, 0.3) is 0 Å². The highest BCUT2D eigenvalue weighted by atomic mass is 35.5. The maximum absolute atomic E-state index is 11.6. The van der Waals surface area contributed by atoms with Crippen LogP contribution >= 0.6 is 23.2 Å². The molecule has 0 aliphatic heterocycles. The quantitative estimate of drug-likeness (QED) is 0.899. The van der Waals surface area contributed by atoms with Crippen molar-refractivity contribution in [3.05, 3.63) is 28.2 Å². The number of benzene rings is 1. The Bertz CT molecular complexity index is 449. The number of carbonyl (C=O) groups is 2. The van der Waals surface area contributed by atoms with E-state index in [1.54, 1.807) is 19.1 Å². The zero-order valence-corrected chi connectivity index (χ0v) is 11.0. The maximum Gasteiger partial charge on any atom is 0.328 e. The molecule has 0 saturated carbocycles. The summed E-state index contributed by atoms with van der Waals surface area (Å²) < 4.78 is 0. The first kappa shape index (κ1) is 13.8. The first-order valence-corrected chi connectivity index (χ1v) is 5.74. The average molecular weight is 275 g/mol. The molecule has 1 rings (SSSR count). The van der Waals surface area contributed by atoms with E-state index in [0.29, 0.717) is 15.7 Å². The molecule has 0 aliphatic carbocycles. The highest BCUT2D eigenvalue weighted by molar-refractivity contribution is 6.42. The van der Waals surface area contributed by atoms with Crippen molar-refractivity contribution in [2.45, 2.75) is 13.3 Å². The second kappa shape index (κ2) is 5.89. The molecule has 0 bridgehead atoms. The summed E-state index contributed by atoms with van der Waals surface area (Å²) in [7, 11) is 1.42. The smallest absolute Gasteiger partial charge is 0.307 e. The minimum atomic E-state index is -0.504. The van der Waals surface area contributed by atoms with E-state index in [9.17, 15) is 9.59 Å². The molecule has 3 amide bonds. The van der Waals surface area contributed by atoms with Gasteiger partial charge < -0.3 is 5.32 Å². The summed E-state index contributed by atoms with van der Waals surface area (Å²) in [6.07, 6.45) is 0.269. The van der Waals surface area contributed by atoms with Crippen LogP contribution in [0.5, 0.6) is 0 Å². The summed E-state index contributed by atoms with van der Waals surface area (Å²) in [5.74, 6) is -0.262. The SMILES string of the molecule is CCC(=O)N(C)C(=O)Nc1ccc(Cl)c(Cl)c1. The van der Waals surface area contributed by atoms with Crippen molar-refractivity contribution in [1.82, 2.24) is 4.90 Å². The molecule has 1 N–H and O–H groups in total. The van der Waals surface area contributed by atoms with Crippen molar-refractivity contribution >= 4 is 40.8 Å². The number of hydrogen-bond donors (Lipinski definition) is 1. The second-order valence-electron chi connectivity index (χ2n) is 3.37. The van der Waals surface area contributed by atoms with Gasteiger partial charge in [-0.25, -0.2) is 4.79 Å². The fourth-order valence-electron chi connectivity index (χ4n) is 1.13. The molecule has 4 nitrogen and oxygen atoms in total. The Morgan fingerprint density at radius 1 is 1.29 bits per heavy atom. The Morgan fingerprint density at radius 3 is 2.47 bits per heavy atom. The van der Waals surface area contributed by atoms with Crippen LogP contribution in [0.2, 0.25) is 10.0 Å². The number of urea groups is 1. The monoisotopic (exact) mass is 274 g/mol. The van der Waals surface area contributed by atoms with Crippen LogP contribution in [0.15, 0.2) is 18.2 Å². The molecule has 0 radical (unpaired) electrons. The number of halogens is 2. The zero-order valence-electron chi connectivity index (χ0n) is 9.46. The van der Waals surface area contributed by atoms with Gasteiger partial charge in [-0.3, -0.25) is 9.69 Å². The van der Waals surface area contributed by atoms with Crippen LogP contribution in [0.4, 0.5) is 10.5 Å². The minimum absolute atomic E-state index is 0.262. The molecule has 1 aromatic carbocycles. The van der Waals surface area contributed by atoms with Gasteiger partial charge in [0.2, 0.25) is 5.91 Å². The van der Waals surface area contributed by atoms with Crippen molar-refractivity contribution in [3.63, 3.8) is 0 Å². The van der Waals surface area contributed by atoms with Crippen LogP contribution in [0.1, 0.15) is 13.3 Å². The number of nitrogens with one attached hydrogen (secondary N) is 1. The first-order chi connectivity index (χ1) is 7.95. The normalized spacial score (nSPS) is 9.88. The lowest BCUT2D eigenvalue weighted by atomic mass is 10.3. The lowest BCUT2D eigenvalue weighted by molar-refractivity contribution is -0.126. The Balaban J connectivity index is 2.74. The molecule has 0 fully saturated rings. The molecule has 6 heteroatoms. The van der Waals surface area contributed by atoms with Crippen LogP contribution in [-0.2, 0) is 4.79 Å². The Kier molecular flexibility index (Phi) is 4.78. The van der Waals surface area contributed by atoms with E-state index in [0.717, 1.165) is 4.90 Å². The van der Waals surface area contributed by atoms with E-state index in [1.807, 2.05) is 0 Å². The number of rotatable bonds is 2. The van der Waals surface area contributed by atoms with Crippen molar-refractivity contribution in [3.8, 4) is 0 Å². The number of carbonyl (C=O) groups excluding carboxylic acids is 2. The van der Waals surface area contributed by atoms with E-state index in [-0.39, 0.29) is 12.3 Å². The third kappa shape index (κ3) is 3.61. The fourth-order valence-corrected chi connectivity index (χ4v) is 1.43. The number of imide groups is 1. The van der Waals surface area contributed by atoms with Gasteiger partial charge in [-0.2, -0.15) is 0 Å². The number of hydrogen-bond acceptors (Lipinski definition) is 2. The number of nitrogens with zero attached hydrogens (tertiary/aromatic N) is 1. The third-order valence-corrected chi connectivity index (χ3v) is 2.89. The molecule has 0 heterocycles. The molecule has 92 valence electrons. The highest BCUT2D eigenvalue weighted by Crippen LogP contribution is 2.25. The van der Waals surface area contributed by atoms with Crippen molar-refractivity contribution < 1.29 is 9.59 Å². The summed E-state index contributed by atoms with van der Waals surface area (Å²) in [6.45, 7) is 1.69. The molecule has 0 aliphatic rings. The molecular formula is C11H12Cl2N2O2. The highest BCUT2D eigenvalue weighted by Gasteiger charge is 2.15. The largest absolute Gasteiger partial charge is 0.328 e. The Morgan fingerprint density at radius 2 is 1.94 bits per heavy atom. The van der Waals surface area contributed by atoms with E-state index in [2.05, 4.69) is 5.32 Å². The third-order valence-electron chi connectivity index (χ3n) is 2.15. The predicted molar refractivity (Wildman–Crippen MR) is 68.5 cm³/mol. The summed E-state index contributed by atoms with van der Waals surface area (Å²) in [4.78, 5) is 23.9. The molecule has 0 unspecified atom stereocenters. The van der Waals surface area contributed by atoms with Crippen molar-refractivity contribution in [1.29, 1.82) is 0 Å². The molecule has 0 aromatic heterocycles.